The highest BCUT2D eigenvalue weighted by atomic mass is 19.1. The molecule has 1 saturated carbocycles. The maximum atomic E-state index is 13.1. The Morgan fingerprint density at radius 1 is 1.33 bits per heavy atom. The fourth-order valence-corrected chi connectivity index (χ4v) is 3.00. The highest BCUT2D eigenvalue weighted by molar-refractivity contribution is 5.94. The molecule has 156 valence electrons. The highest BCUT2D eigenvalue weighted by Crippen LogP contribution is 2.34. The van der Waals surface area contributed by atoms with Crippen molar-refractivity contribution in [2.45, 2.75) is 39.0 Å². The number of rotatable bonds is 7. The van der Waals surface area contributed by atoms with Crippen molar-refractivity contribution in [1.82, 2.24) is 24.5 Å². The molecule has 9 nitrogen and oxygen atoms in total. The summed E-state index contributed by atoms with van der Waals surface area (Å²) in [5.41, 5.74) is 2.26. The van der Waals surface area contributed by atoms with Gasteiger partial charge in [0.05, 0.1) is 29.6 Å². The largest absolute Gasteiger partial charge is 0.387 e. The summed E-state index contributed by atoms with van der Waals surface area (Å²) in [6, 6.07) is 3.42. The molecule has 1 aliphatic rings. The Balaban J connectivity index is 1.54. The van der Waals surface area contributed by atoms with Gasteiger partial charge >= 0.3 is 0 Å². The molecule has 0 bridgehead atoms. The predicted octanol–water partition coefficient (Wildman–Crippen LogP) is 2.85. The van der Waals surface area contributed by atoms with E-state index in [9.17, 15) is 14.3 Å². The first-order valence-corrected chi connectivity index (χ1v) is 9.68. The van der Waals surface area contributed by atoms with Gasteiger partial charge in [-0.1, -0.05) is 6.92 Å². The van der Waals surface area contributed by atoms with Gasteiger partial charge in [0.25, 0.3) is 0 Å². The van der Waals surface area contributed by atoms with Crippen LogP contribution < -0.4 is 10.6 Å². The fourth-order valence-electron chi connectivity index (χ4n) is 3.00. The van der Waals surface area contributed by atoms with E-state index in [-0.39, 0.29) is 12.3 Å². The van der Waals surface area contributed by atoms with Gasteiger partial charge in [-0.25, -0.2) is 19.3 Å². The second-order valence-electron chi connectivity index (χ2n) is 7.20. The van der Waals surface area contributed by atoms with Crippen molar-refractivity contribution in [3.8, 4) is 5.82 Å². The number of aryl methyl sites for hydroxylation is 1. The van der Waals surface area contributed by atoms with Gasteiger partial charge in [0, 0.05) is 18.5 Å². The number of aromatic nitrogens is 5. The molecule has 4 rings (SSSR count). The van der Waals surface area contributed by atoms with E-state index in [1.165, 1.54) is 6.33 Å². The van der Waals surface area contributed by atoms with Crippen LogP contribution in [0.1, 0.15) is 37.1 Å². The highest BCUT2D eigenvalue weighted by Gasteiger charge is 2.43. The van der Waals surface area contributed by atoms with Crippen LogP contribution in [0.3, 0.4) is 0 Å². The van der Waals surface area contributed by atoms with Crippen LogP contribution in [-0.4, -0.2) is 41.7 Å². The minimum Gasteiger partial charge on any atom is -0.387 e. The zero-order valence-corrected chi connectivity index (χ0v) is 16.6. The lowest BCUT2D eigenvalue weighted by atomic mass is 10.1. The standard InChI is InChI=1S/C20H22FN7O2/c1-3-16(29)14-6-11(2)15(9-23-14)26-20-22-4-5-28(20)18-8-17(24-10-25-18)27-19(30)12-7-13(12)21/h4-6,8-10,12-13,16,29H,3,7H2,1-2H3,(H,22,26)(H,24,25,27,30). The van der Waals surface area contributed by atoms with E-state index in [0.29, 0.717) is 29.7 Å². The molecule has 30 heavy (non-hydrogen) atoms. The Labute approximate surface area is 172 Å². The molecule has 3 aromatic rings. The Morgan fingerprint density at radius 3 is 2.83 bits per heavy atom. The Hall–Kier alpha value is -3.40. The maximum Gasteiger partial charge on any atom is 0.231 e. The van der Waals surface area contributed by atoms with Crippen molar-refractivity contribution in [2.75, 3.05) is 10.6 Å². The number of hydrogen-bond donors (Lipinski definition) is 3. The number of carbonyl (C=O) groups excluding carboxylic acids is 1. The average molecular weight is 411 g/mol. The monoisotopic (exact) mass is 411 g/mol. The number of amides is 1. The lowest BCUT2D eigenvalue weighted by Crippen LogP contribution is -2.16. The number of aliphatic hydroxyl groups excluding tert-OH is 1. The number of alkyl halides is 1. The van der Waals surface area contributed by atoms with Crippen molar-refractivity contribution < 1.29 is 14.3 Å². The first-order chi connectivity index (χ1) is 14.5. The minimum atomic E-state index is -1.07. The molecule has 0 aromatic carbocycles. The van der Waals surface area contributed by atoms with E-state index in [1.807, 2.05) is 19.9 Å². The van der Waals surface area contributed by atoms with Crippen molar-refractivity contribution in [3.05, 3.63) is 48.3 Å². The quantitative estimate of drug-likeness (QED) is 0.547. The van der Waals surface area contributed by atoms with Gasteiger partial charge in [-0.15, -0.1) is 0 Å². The summed E-state index contributed by atoms with van der Waals surface area (Å²) in [7, 11) is 0. The first kappa shape index (κ1) is 19.9. The van der Waals surface area contributed by atoms with Crippen LogP contribution in [0.15, 0.2) is 37.1 Å². The summed E-state index contributed by atoms with van der Waals surface area (Å²) in [6.07, 6.45) is 5.46. The summed E-state index contributed by atoms with van der Waals surface area (Å²) in [5.74, 6) is 0.285. The summed E-state index contributed by atoms with van der Waals surface area (Å²) >= 11 is 0. The third-order valence-electron chi connectivity index (χ3n) is 4.95. The number of carbonyl (C=O) groups is 1. The number of hydrogen-bond acceptors (Lipinski definition) is 7. The van der Waals surface area contributed by atoms with E-state index in [1.54, 1.807) is 29.2 Å². The number of nitrogens with one attached hydrogen (secondary N) is 2. The van der Waals surface area contributed by atoms with E-state index < -0.39 is 18.2 Å². The average Bonchev–Trinajstić information content (AvgIpc) is 3.30. The molecule has 10 heteroatoms. The van der Waals surface area contributed by atoms with Crippen LogP contribution in [0.4, 0.5) is 21.8 Å². The van der Waals surface area contributed by atoms with Gasteiger partial charge in [-0.3, -0.25) is 14.3 Å². The van der Waals surface area contributed by atoms with E-state index >= 15 is 0 Å². The topological polar surface area (TPSA) is 118 Å². The van der Waals surface area contributed by atoms with Crippen LogP contribution in [0.5, 0.6) is 0 Å². The number of anilines is 3. The number of aliphatic hydroxyl groups is 1. The molecule has 1 amide bonds. The zero-order valence-electron chi connectivity index (χ0n) is 16.6. The van der Waals surface area contributed by atoms with Crippen molar-refractivity contribution in [1.29, 1.82) is 0 Å². The van der Waals surface area contributed by atoms with Crippen LogP contribution in [0.2, 0.25) is 0 Å². The Morgan fingerprint density at radius 2 is 2.13 bits per heavy atom. The lowest BCUT2D eigenvalue weighted by Gasteiger charge is -2.14. The molecule has 0 saturated heterocycles. The van der Waals surface area contributed by atoms with Crippen LogP contribution in [0, 0.1) is 12.8 Å². The van der Waals surface area contributed by atoms with Gasteiger partial charge in [0.1, 0.15) is 24.1 Å². The van der Waals surface area contributed by atoms with Crippen LogP contribution >= 0.6 is 0 Å². The summed E-state index contributed by atoms with van der Waals surface area (Å²) in [6.45, 7) is 3.81. The maximum absolute atomic E-state index is 13.1. The predicted molar refractivity (Wildman–Crippen MR) is 108 cm³/mol. The third-order valence-corrected chi connectivity index (χ3v) is 4.95. The van der Waals surface area contributed by atoms with Gasteiger partial charge in [0.15, 0.2) is 0 Å². The molecule has 3 aromatic heterocycles. The summed E-state index contributed by atoms with van der Waals surface area (Å²) < 4.78 is 14.8. The minimum absolute atomic E-state index is 0.251. The zero-order chi connectivity index (χ0) is 21.3. The van der Waals surface area contributed by atoms with Crippen molar-refractivity contribution in [3.63, 3.8) is 0 Å². The van der Waals surface area contributed by atoms with Gasteiger partial charge in [0.2, 0.25) is 11.9 Å². The van der Waals surface area contributed by atoms with E-state index in [2.05, 4.69) is 30.6 Å². The number of pyridine rings is 1. The fraction of sp³-hybridized carbons (Fsp3) is 0.350. The van der Waals surface area contributed by atoms with E-state index in [0.717, 1.165) is 11.3 Å². The molecule has 3 unspecified atom stereocenters. The number of nitrogens with zero attached hydrogens (tertiary/aromatic N) is 5. The van der Waals surface area contributed by atoms with Crippen LogP contribution in [0.25, 0.3) is 5.82 Å². The summed E-state index contributed by atoms with van der Waals surface area (Å²) in [5, 5.41) is 15.8. The first-order valence-electron chi connectivity index (χ1n) is 9.68. The van der Waals surface area contributed by atoms with Gasteiger partial charge < -0.3 is 15.7 Å². The molecule has 1 fully saturated rings. The van der Waals surface area contributed by atoms with Crippen LogP contribution in [-0.2, 0) is 4.79 Å². The molecule has 0 radical (unpaired) electrons. The second kappa shape index (κ2) is 8.15. The molecule has 3 heterocycles. The Kier molecular flexibility index (Phi) is 5.40. The number of halogens is 1. The molecule has 0 spiro atoms. The summed E-state index contributed by atoms with van der Waals surface area (Å²) in [4.78, 5) is 28.9. The van der Waals surface area contributed by atoms with Crippen molar-refractivity contribution in [2.24, 2.45) is 5.92 Å². The van der Waals surface area contributed by atoms with Gasteiger partial charge in [-0.05, 0) is 31.4 Å². The number of imidazole rings is 1. The normalized spacial score (nSPS) is 18.7. The molecule has 0 aliphatic heterocycles. The SMILES string of the molecule is CCC(O)c1cc(C)c(Nc2nccn2-c2cc(NC(=O)C3CC3F)ncn2)cn1. The molecular weight excluding hydrogens is 389 g/mol. The van der Waals surface area contributed by atoms with Gasteiger partial charge in [-0.2, -0.15) is 0 Å². The molecule has 1 aliphatic carbocycles. The lowest BCUT2D eigenvalue weighted by molar-refractivity contribution is -0.117. The smallest absolute Gasteiger partial charge is 0.231 e. The van der Waals surface area contributed by atoms with Crippen molar-refractivity contribution >= 4 is 23.4 Å². The Bertz CT molecular complexity index is 1070. The van der Waals surface area contributed by atoms with E-state index in [4.69, 9.17) is 0 Å². The second-order valence-corrected chi connectivity index (χ2v) is 7.20. The molecular formula is C20H22FN7O2. The molecule has 3 N–H and O–H groups in total. The third kappa shape index (κ3) is 4.13. The molecule has 3 atom stereocenters.